The standard InChI is InChI=1S/C11H11BrO2/c12-7-3-6-10-8-4-1-2-5-9(8)11(13)14-10/h1-2,4-5,10H,3,6-7H2. The molecule has 74 valence electrons. The maximum Gasteiger partial charge on any atom is 0.339 e. The van der Waals surface area contributed by atoms with E-state index in [1.807, 2.05) is 24.3 Å². The molecule has 2 rings (SSSR count). The van der Waals surface area contributed by atoms with Gasteiger partial charge >= 0.3 is 5.97 Å². The molecule has 1 aliphatic rings. The molecule has 14 heavy (non-hydrogen) atoms. The average Bonchev–Trinajstić information content (AvgIpc) is 2.54. The largest absolute Gasteiger partial charge is 0.454 e. The maximum atomic E-state index is 11.4. The molecular formula is C11H11BrO2. The zero-order chi connectivity index (χ0) is 9.97. The third-order valence-corrected chi connectivity index (χ3v) is 2.94. The van der Waals surface area contributed by atoms with Crippen LogP contribution >= 0.6 is 15.9 Å². The Morgan fingerprint density at radius 2 is 2.14 bits per heavy atom. The van der Waals surface area contributed by atoms with E-state index in [1.54, 1.807) is 0 Å². The lowest BCUT2D eigenvalue weighted by molar-refractivity contribution is 0.0368. The Morgan fingerprint density at radius 3 is 2.93 bits per heavy atom. The fourth-order valence-corrected chi connectivity index (χ4v) is 2.02. The Kier molecular flexibility index (Phi) is 2.87. The van der Waals surface area contributed by atoms with Crippen LogP contribution in [-0.4, -0.2) is 11.3 Å². The van der Waals surface area contributed by atoms with Crippen LogP contribution in [0.15, 0.2) is 24.3 Å². The molecule has 1 aromatic carbocycles. The SMILES string of the molecule is O=C1OC(CCCBr)c2ccccc21. The number of esters is 1. The maximum absolute atomic E-state index is 11.4. The molecule has 0 saturated heterocycles. The molecule has 0 saturated carbocycles. The Balaban J connectivity index is 2.21. The predicted molar refractivity (Wildman–Crippen MR) is 57.6 cm³/mol. The first-order valence-electron chi connectivity index (χ1n) is 4.69. The molecule has 1 heterocycles. The molecule has 1 aromatic rings. The van der Waals surface area contributed by atoms with E-state index in [-0.39, 0.29) is 12.1 Å². The van der Waals surface area contributed by atoms with Gasteiger partial charge in [-0.05, 0) is 18.9 Å². The van der Waals surface area contributed by atoms with E-state index in [4.69, 9.17) is 4.74 Å². The minimum atomic E-state index is -0.180. The summed E-state index contributed by atoms with van der Waals surface area (Å²) in [6.45, 7) is 0. The van der Waals surface area contributed by atoms with Gasteiger partial charge < -0.3 is 4.74 Å². The van der Waals surface area contributed by atoms with Gasteiger partial charge in [0.15, 0.2) is 0 Å². The lowest BCUT2D eigenvalue weighted by Gasteiger charge is -2.08. The number of cyclic esters (lactones) is 1. The monoisotopic (exact) mass is 254 g/mol. The summed E-state index contributed by atoms with van der Waals surface area (Å²) < 4.78 is 5.27. The van der Waals surface area contributed by atoms with Crippen LogP contribution in [0.25, 0.3) is 0 Å². The number of fused-ring (bicyclic) bond motifs is 1. The fraction of sp³-hybridized carbons (Fsp3) is 0.364. The molecule has 0 radical (unpaired) electrons. The third kappa shape index (κ3) is 1.69. The molecular weight excluding hydrogens is 244 g/mol. The van der Waals surface area contributed by atoms with Gasteiger partial charge in [0.05, 0.1) is 5.56 Å². The van der Waals surface area contributed by atoms with E-state index in [0.29, 0.717) is 0 Å². The van der Waals surface area contributed by atoms with Crippen molar-refractivity contribution in [1.29, 1.82) is 0 Å². The highest BCUT2D eigenvalue weighted by Gasteiger charge is 2.29. The summed E-state index contributed by atoms with van der Waals surface area (Å²) >= 11 is 3.37. The molecule has 1 aliphatic heterocycles. The molecule has 0 spiro atoms. The number of carbonyl (C=O) groups is 1. The van der Waals surface area contributed by atoms with Crippen LogP contribution in [0.4, 0.5) is 0 Å². The number of halogens is 1. The van der Waals surface area contributed by atoms with Gasteiger partial charge in [0.2, 0.25) is 0 Å². The highest BCUT2D eigenvalue weighted by atomic mass is 79.9. The van der Waals surface area contributed by atoms with E-state index < -0.39 is 0 Å². The summed E-state index contributed by atoms with van der Waals surface area (Å²) in [6, 6.07) is 7.61. The number of carbonyl (C=O) groups excluding carboxylic acids is 1. The lowest BCUT2D eigenvalue weighted by Crippen LogP contribution is -1.98. The van der Waals surface area contributed by atoms with Gasteiger partial charge in [-0.2, -0.15) is 0 Å². The molecule has 0 amide bonds. The Labute approximate surface area is 91.4 Å². The van der Waals surface area contributed by atoms with Gasteiger partial charge in [-0.15, -0.1) is 0 Å². The topological polar surface area (TPSA) is 26.3 Å². The molecule has 0 aromatic heterocycles. The van der Waals surface area contributed by atoms with Gasteiger partial charge in [0.1, 0.15) is 6.10 Å². The predicted octanol–water partition coefficient (Wildman–Crippen LogP) is 3.07. The number of hydrogen-bond acceptors (Lipinski definition) is 2. The first-order valence-corrected chi connectivity index (χ1v) is 5.81. The summed E-state index contributed by atoms with van der Waals surface area (Å²) in [4.78, 5) is 11.4. The number of benzene rings is 1. The number of hydrogen-bond donors (Lipinski definition) is 0. The normalized spacial score (nSPS) is 19.2. The highest BCUT2D eigenvalue weighted by Crippen LogP contribution is 2.33. The highest BCUT2D eigenvalue weighted by molar-refractivity contribution is 9.09. The first kappa shape index (κ1) is 9.71. The van der Waals surface area contributed by atoms with Crippen molar-refractivity contribution < 1.29 is 9.53 Å². The Morgan fingerprint density at radius 1 is 1.36 bits per heavy atom. The first-order chi connectivity index (χ1) is 6.83. The Bertz CT molecular complexity index is 349. The van der Waals surface area contributed by atoms with Crippen molar-refractivity contribution in [3.05, 3.63) is 35.4 Å². The molecule has 3 heteroatoms. The van der Waals surface area contributed by atoms with Gasteiger partial charge in [-0.3, -0.25) is 0 Å². The van der Waals surface area contributed by atoms with Crippen molar-refractivity contribution in [3.63, 3.8) is 0 Å². The zero-order valence-corrected chi connectivity index (χ0v) is 9.29. The van der Waals surface area contributed by atoms with Gasteiger partial charge in [-0.1, -0.05) is 34.1 Å². The Hall–Kier alpha value is -0.830. The summed E-state index contributed by atoms with van der Waals surface area (Å²) in [6.07, 6.45) is 1.89. The molecule has 0 fully saturated rings. The van der Waals surface area contributed by atoms with Crippen LogP contribution in [0.2, 0.25) is 0 Å². The molecule has 0 N–H and O–H groups in total. The van der Waals surface area contributed by atoms with Crippen LogP contribution < -0.4 is 0 Å². The van der Waals surface area contributed by atoms with E-state index >= 15 is 0 Å². The van der Waals surface area contributed by atoms with Crippen molar-refractivity contribution >= 4 is 21.9 Å². The summed E-state index contributed by atoms with van der Waals surface area (Å²) in [7, 11) is 0. The van der Waals surface area contributed by atoms with Crippen molar-refractivity contribution in [2.75, 3.05) is 5.33 Å². The number of rotatable bonds is 3. The van der Waals surface area contributed by atoms with Crippen molar-refractivity contribution in [2.45, 2.75) is 18.9 Å². The second kappa shape index (κ2) is 4.13. The van der Waals surface area contributed by atoms with Crippen LogP contribution in [0.3, 0.4) is 0 Å². The van der Waals surface area contributed by atoms with Gasteiger partial charge in [0, 0.05) is 10.9 Å². The van der Waals surface area contributed by atoms with E-state index in [1.165, 1.54) is 0 Å². The summed E-state index contributed by atoms with van der Waals surface area (Å²) in [5.74, 6) is -0.180. The van der Waals surface area contributed by atoms with Crippen molar-refractivity contribution in [2.24, 2.45) is 0 Å². The smallest absolute Gasteiger partial charge is 0.339 e. The lowest BCUT2D eigenvalue weighted by atomic mass is 10.0. The minimum Gasteiger partial charge on any atom is -0.454 e. The fourth-order valence-electron chi connectivity index (χ4n) is 1.70. The minimum absolute atomic E-state index is 0.0313. The average molecular weight is 255 g/mol. The molecule has 2 nitrogen and oxygen atoms in total. The summed E-state index contributed by atoms with van der Waals surface area (Å²) in [5.41, 5.74) is 1.77. The molecule has 1 unspecified atom stereocenters. The van der Waals surface area contributed by atoms with Crippen LogP contribution in [0.1, 0.15) is 34.9 Å². The molecule has 0 bridgehead atoms. The number of ether oxygens (including phenoxy) is 1. The van der Waals surface area contributed by atoms with Crippen LogP contribution in [0.5, 0.6) is 0 Å². The molecule has 0 aliphatic carbocycles. The number of alkyl halides is 1. The van der Waals surface area contributed by atoms with Crippen molar-refractivity contribution in [1.82, 2.24) is 0 Å². The molecule has 1 atom stereocenters. The van der Waals surface area contributed by atoms with Gasteiger partial charge in [-0.25, -0.2) is 4.79 Å². The zero-order valence-electron chi connectivity index (χ0n) is 7.70. The van der Waals surface area contributed by atoms with E-state index in [2.05, 4.69) is 15.9 Å². The van der Waals surface area contributed by atoms with E-state index in [0.717, 1.165) is 29.3 Å². The second-order valence-electron chi connectivity index (χ2n) is 3.31. The van der Waals surface area contributed by atoms with Crippen molar-refractivity contribution in [3.8, 4) is 0 Å². The second-order valence-corrected chi connectivity index (χ2v) is 4.11. The summed E-state index contributed by atoms with van der Waals surface area (Å²) in [5, 5.41) is 0.948. The van der Waals surface area contributed by atoms with E-state index in [9.17, 15) is 4.79 Å². The third-order valence-electron chi connectivity index (χ3n) is 2.38. The quantitative estimate of drug-likeness (QED) is 0.612. The van der Waals surface area contributed by atoms with Crippen LogP contribution in [-0.2, 0) is 4.74 Å². The van der Waals surface area contributed by atoms with Gasteiger partial charge in [0.25, 0.3) is 0 Å². The van der Waals surface area contributed by atoms with Crippen LogP contribution in [0, 0.1) is 0 Å².